The third-order valence-corrected chi connectivity index (χ3v) is 6.19. The van der Waals surface area contributed by atoms with Gasteiger partial charge in [0.25, 0.3) is 5.91 Å². The highest BCUT2D eigenvalue weighted by molar-refractivity contribution is 7.91. The Hall–Kier alpha value is -3.13. The quantitative estimate of drug-likeness (QED) is 0.619. The van der Waals surface area contributed by atoms with Gasteiger partial charge in [0.05, 0.1) is 16.2 Å². The predicted molar refractivity (Wildman–Crippen MR) is 108 cm³/mol. The summed E-state index contributed by atoms with van der Waals surface area (Å²) in [5.74, 6) is -0.778. The lowest BCUT2D eigenvalue weighted by molar-refractivity contribution is -0.137. The minimum Gasteiger partial charge on any atom is -0.351 e. The Bertz CT molecular complexity index is 1130. The molecule has 0 spiro atoms. The normalized spacial score (nSPS) is 11.8. The first-order valence-electron chi connectivity index (χ1n) is 9.01. The van der Waals surface area contributed by atoms with Gasteiger partial charge >= 0.3 is 6.18 Å². The van der Waals surface area contributed by atoms with Gasteiger partial charge in [-0.2, -0.15) is 13.2 Å². The van der Waals surface area contributed by atoms with Crippen molar-refractivity contribution >= 4 is 15.7 Å². The Kier molecular flexibility index (Phi) is 6.26. The number of nitrogens with one attached hydrogen (secondary N) is 1. The fraction of sp³-hybridized carbons (Fsp3) is 0.136. The van der Waals surface area contributed by atoms with Crippen LogP contribution in [0.4, 0.5) is 13.2 Å². The molecule has 30 heavy (non-hydrogen) atoms. The number of carbonyl (C=O) groups excluding carboxylic acids is 1. The van der Waals surface area contributed by atoms with Crippen LogP contribution in [-0.2, 0) is 16.0 Å². The Morgan fingerprint density at radius 2 is 1.43 bits per heavy atom. The lowest BCUT2D eigenvalue weighted by Gasteiger charge is -2.12. The van der Waals surface area contributed by atoms with Crippen molar-refractivity contribution in [3.05, 3.63) is 90.0 Å². The van der Waals surface area contributed by atoms with Crippen molar-refractivity contribution in [1.29, 1.82) is 0 Å². The summed E-state index contributed by atoms with van der Waals surface area (Å²) in [4.78, 5) is 12.8. The maximum absolute atomic E-state index is 12.8. The maximum atomic E-state index is 12.8. The molecule has 0 radical (unpaired) electrons. The van der Waals surface area contributed by atoms with Gasteiger partial charge in [-0.1, -0.05) is 48.5 Å². The highest BCUT2D eigenvalue weighted by Gasteiger charge is 2.30. The van der Waals surface area contributed by atoms with Crippen LogP contribution in [0.15, 0.2) is 83.8 Å². The van der Waals surface area contributed by atoms with Gasteiger partial charge in [0.2, 0.25) is 0 Å². The smallest absolute Gasteiger partial charge is 0.351 e. The van der Waals surface area contributed by atoms with Crippen LogP contribution in [0.3, 0.4) is 0 Å². The minimum absolute atomic E-state index is 0.0998. The standard InChI is InChI=1S/C22H18F3NO3S/c23-22(24,25)17-12-10-16(11-13-17)19-8-4-5-9-20(19)21(27)26-14-15-30(28,29)18-6-2-1-3-7-18/h1-13H,14-15H2,(H,26,27). The predicted octanol–water partition coefficient (Wildman–Crippen LogP) is 4.58. The Morgan fingerprint density at radius 3 is 2.07 bits per heavy atom. The zero-order valence-corrected chi connectivity index (χ0v) is 16.5. The molecular weight excluding hydrogens is 415 g/mol. The molecule has 4 nitrogen and oxygen atoms in total. The summed E-state index contributed by atoms with van der Waals surface area (Å²) >= 11 is 0. The molecule has 0 aliphatic carbocycles. The average molecular weight is 433 g/mol. The second-order valence-corrected chi connectivity index (χ2v) is 8.62. The largest absolute Gasteiger partial charge is 0.416 e. The van der Waals surface area contributed by atoms with Gasteiger partial charge in [-0.3, -0.25) is 4.79 Å². The van der Waals surface area contributed by atoms with Crippen molar-refractivity contribution in [2.75, 3.05) is 12.3 Å². The molecule has 0 heterocycles. The van der Waals surface area contributed by atoms with Gasteiger partial charge in [0.1, 0.15) is 0 Å². The van der Waals surface area contributed by atoms with E-state index in [-0.39, 0.29) is 22.8 Å². The fourth-order valence-electron chi connectivity index (χ4n) is 2.91. The van der Waals surface area contributed by atoms with Gasteiger partial charge in [-0.25, -0.2) is 8.42 Å². The lowest BCUT2D eigenvalue weighted by Crippen LogP contribution is -2.29. The lowest BCUT2D eigenvalue weighted by atomic mass is 9.98. The van der Waals surface area contributed by atoms with E-state index in [1.807, 2.05) is 0 Å². The van der Waals surface area contributed by atoms with Crippen molar-refractivity contribution in [2.24, 2.45) is 0 Å². The van der Waals surface area contributed by atoms with Crippen molar-refractivity contribution in [2.45, 2.75) is 11.1 Å². The van der Waals surface area contributed by atoms with E-state index in [0.717, 1.165) is 12.1 Å². The molecule has 0 bridgehead atoms. The van der Waals surface area contributed by atoms with Crippen LogP contribution < -0.4 is 5.32 Å². The molecule has 156 valence electrons. The van der Waals surface area contributed by atoms with Crippen molar-refractivity contribution in [3.63, 3.8) is 0 Å². The molecule has 0 fully saturated rings. The monoisotopic (exact) mass is 433 g/mol. The van der Waals surface area contributed by atoms with E-state index in [4.69, 9.17) is 0 Å². The molecule has 0 atom stereocenters. The Balaban J connectivity index is 1.73. The van der Waals surface area contributed by atoms with E-state index in [1.165, 1.54) is 30.3 Å². The number of benzene rings is 3. The zero-order chi connectivity index (χ0) is 21.8. The molecule has 1 amide bonds. The summed E-state index contributed by atoms with van der Waals surface area (Å²) in [6, 6.07) is 18.9. The summed E-state index contributed by atoms with van der Waals surface area (Å²) in [6.07, 6.45) is -4.44. The second kappa shape index (κ2) is 8.71. The number of rotatable bonds is 6. The van der Waals surface area contributed by atoms with Crippen molar-refractivity contribution < 1.29 is 26.4 Å². The summed E-state index contributed by atoms with van der Waals surface area (Å²) in [5.41, 5.74) is 0.369. The molecule has 0 unspecified atom stereocenters. The third-order valence-electron chi connectivity index (χ3n) is 4.45. The van der Waals surface area contributed by atoms with Crippen LogP contribution in [0.5, 0.6) is 0 Å². The number of sulfone groups is 1. The Morgan fingerprint density at radius 1 is 0.833 bits per heavy atom. The second-order valence-electron chi connectivity index (χ2n) is 6.51. The number of hydrogen-bond donors (Lipinski definition) is 1. The van der Waals surface area contributed by atoms with Crippen LogP contribution in [-0.4, -0.2) is 26.6 Å². The average Bonchev–Trinajstić information content (AvgIpc) is 2.73. The number of halogens is 3. The molecule has 3 aromatic rings. The first-order chi connectivity index (χ1) is 14.2. The SMILES string of the molecule is O=C(NCCS(=O)(=O)c1ccccc1)c1ccccc1-c1ccc(C(F)(F)F)cc1. The molecule has 1 N–H and O–H groups in total. The third kappa shape index (κ3) is 5.07. The number of alkyl halides is 3. The van der Waals surface area contributed by atoms with E-state index in [2.05, 4.69) is 5.32 Å². The molecule has 3 aromatic carbocycles. The van der Waals surface area contributed by atoms with Gasteiger partial charge < -0.3 is 5.32 Å². The Labute approximate surface area is 172 Å². The van der Waals surface area contributed by atoms with Crippen LogP contribution in [0.1, 0.15) is 15.9 Å². The molecule has 8 heteroatoms. The van der Waals surface area contributed by atoms with E-state index >= 15 is 0 Å². The maximum Gasteiger partial charge on any atom is 0.416 e. The summed E-state index contributed by atoms with van der Waals surface area (Å²) in [7, 11) is -3.54. The molecule has 0 aliphatic rings. The number of hydrogen-bond acceptors (Lipinski definition) is 3. The van der Waals surface area contributed by atoms with Crippen LogP contribution in [0.25, 0.3) is 11.1 Å². The molecule has 0 saturated heterocycles. The van der Waals surface area contributed by atoms with Gasteiger partial charge in [-0.05, 0) is 41.5 Å². The van der Waals surface area contributed by atoms with E-state index in [0.29, 0.717) is 11.1 Å². The number of amides is 1. The highest BCUT2D eigenvalue weighted by Crippen LogP contribution is 2.31. The molecular formula is C22H18F3NO3S. The van der Waals surface area contributed by atoms with Crippen LogP contribution in [0, 0.1) is 0 Å². The first-order valence-corrected chi connectivity index (χ1v) is 10.7. The fourth-order valence-corrected chi connectivity index (χ4v) is 4.09. The number of carbonyl (C=O) groups is 1. The first kappa shape index (κ1) is 21.6. The summed E-state index contributed by atoms with van der Waals surface area (Å²) in [6.45, 7) is -0.0998. The van der Waals surface area contributed by atoms with Crippen molar-refractivity contribution in [3.8, 4) is 11.1 Å². The molecule has 0 aromatic heterocycles. The molecule has 0 aliphatic heterocycles. The summed E-state index contributed by atoms with van der Waals surface area (Å²) in [5, 5.41) is 2.57. The topological polar surface area (TPSA) is 63.2 Å². The van der Waals surface area contributed by atoms with Crippen LogP contribution in [0.2, 0.25) is 0 Å². The highest BCUT2D eigenvalue weighted by atomic mass is 32.2. The van der Waals surface area contributed by atoms with Crippen molar-refractivity contribution in [1.82, 2.24) is 5.32 Å². The summed E-state index contributed by atoms with van der Waals surface area (Å²) < 4.78 is 62.9. The minimum atomic E-state index is -4.44. The van der Waals surface area contributed by atoms with Gasteiger partial charge in [0, 0.05) is 12.1 Å². The van der Waals surface area contributed by atoms with E-state index in [1.54, 1.807) is 36.4 Å². The van der Waals surface area contributed by atoms with Gasteiger partial charge in [0.15, 0.2) is 9.84 Å². The molecule has 0 saturated carbocycles. The molecule has 3 rings (SSSR count). The van der Waals surface area contributed by atoms with E-state index in [9.17, 15) is 26.4 Å². The van der Waals surface area contributed by atoms with Gasteiger partial charge in [-0.15, -0.1) is 0 Å². The zero-order valence-electron chi connectivity index (χ0n) is 15.7. The van der Waals surface area contributed by atoms with E-state index < -0.39 is 27.5 Å². The van der Waals surface area contributed by atoms with Crippen LogP contribution >= 0.6 is 0 Å².